The number of ether oxygens (including phenoxy) is 3. The third-order valence-corrected chi connectivity index (χ3v) is 14.3. The summed E-state index contributed by atoms with van der Waals surface area (Å²) >= 11 is 16.3. The van der Waals surface area contributed by atoms with E-state index >= 15 is 0 Å². The van der Waals surface area contributed by atoms with Gasteiger partial charge in [0.15, 0.2) is 4.34 Å². The van der Waals surface area contributed by atoms with Crippen molar-refractivity contribution >= 4 is 73.6 Å². The van der Waals surface area contributed by atoms with Crippen LogP contribution in [0.3, 0.4) is 0 Å². The number of nitrogens with two attached hydrogens (primary N) is 1. The van der Waals surface area contributed by atoms with Crippen molar-refractivity contribution in [1.82, 2.24) is 34.1 Å². The molecule has 14 nitrogen and oxygen atoms in total. The van der Waals surface area contributed by atoms with Gasteiger partial charge in [-0.05, 0) is 98.6 Å². The van der Waals surface area contributed by atoms with E-state index in [-0.39, 0.29) is 24.4 Å². The molecule has 0 saturated carbocycles. The predicted molar refractivity (Wildman–Crippen MR) is 262 cm³/mol. The molecule has 342 valence electrons. The maximum Gasteiger partial charge on any atom is 0.350 e. The quantitative estimate of drug-likeness (QED) is 0.0560. The van der Waals surface area contributed by atoms with Crippen LogP contribution >= 0.6 is 46.3 Å². The highest BCUT2D eigenvalue weighted by Crippen LogP contribution is 2.41. The molecular weight excluding hydrogens is 904 g/mol. The van der Waals surface area contributed by atoms with Gasteiger partial charge >= 0.3 is 5.69 Å². The number of hydrogen-bond donors (Lipinski definition) is 1. The smallest absolute Gasteiger partial charge is 0.350 e. The Morgan fingerprint density at radius 3 is 2.31 bits per heavy atom. The van der Waals surface area contributed by atoms with Gasteiger partial charge < -0.3 is 29.7 Å². The number of fused-ring (bicyclic) bond motifs is 1. The molecule has 65 heavy (non-hydrogen) atoms. The van der Waals surface area contributed by atoms with Crippen molar-refractivity contribution in [3.63, 3.8) is 0 Å². The summed E-state index contributed by atoms with van der Waals surface area (Å²) in [5, 5.41) is 9.50. The van der Waals surface area contributed by atoms with Gasteiger partial charge in [-0.3, -0.25) is 0 Å². The molecule has 2 saturated heterocycles. The summed E-state index contributed by atoms with van der Waals surface area (Å²) < 4.78 is 26.0. The molecule has 3 aromatic heterocycles. The van der Waals surface area contributed by atoms with Gasteiger partial charge in [-0.1, -0.05) is 67.7 Å². The van der Waals surface area contributed by atoms with Crippen molar-refractivity contribution in [1.29, 1.82) is 0 Å². The monoisotopic (exact) mass is 956 g/mol. The van der Waals surface area contributed by atoms with E-state index in [1.54, 1.807) is 45.4 Å². The predicted octanol–water partition coefficient (Wildman–Crippen LogP) is 9.74. The Labute approximate surface area is 397 Å². The Bertz CT molecular complexity index is 2670. The molecule has 18 heteroatoms. The molecule has 7 aromatic rings. The third-order valence-electron chi connectivity index (χ3n) is 11.5. The van der Waals surface area contributed by atoms with Crippen LogP contribution in [0.5, 0.6) is 5.75 Å². The van der Waals surface area contributed by atoms with Gasteiger partial charge in [0.05, 0.1) is 33.6 Å². The van der Waals surface area contributed by atoms with Crippen molar-refractivity contribution < 1.29 is 14.2 Å². The van der Waals surface area contributed by atoms with Crippen LogP contribution in [0.4, 0.5) is 17.1 Å². The molecular formula is C47H54Cl2N10O4S2. The molecule has 2 aliphatic rings. The van der Waals surface area contributed by atoms with Crippen LogP contribution < -0.4 is 26.0 Å². The normalized spacial score (nSPS) is 17.9. The molecule has 1 unspecified atom stereocenters. The maximum atomic E-state index is 12.8. The molecule has 0 bridgehead atoms. The van der Waals surface area contributed by atoms with Gasteiger partial charge in [0.1, 0.15) is 44.0 Å². The fourth-order valence-electron chi connectivity index (χ4n) is 7.73. The summed E-state index contributed by atoms with van der Waals surface area (Å²) in [4.78, 5) is 26.2. The van der Waals surface area contributed by atoms with Crippen molar-refractivity contribution in [3.8, 4) is 11.4 Å². The van der Waals surface area contributed by atoms with Gasteiger partial charge in [-0.2, -0.15) is 10.2 Å². The first-order chi connectivity index (χ1) is 31.6. The van der Waals surface area contributed by atoms with Crippen LogP contribution in [0, 0.1) is 0 Å². The van der Waals surface area contributed by atoms with Crippen LogP contribution in [0.1, 0.15) is 58.1 Å². The third kappa shape index (κ3) is 11.3. The Kier molecular flexibility index (Phi) is 15.3. The number of rotatable bonds is 16. The van der Waals surface area contributed by atoms with Gasteiger partial charge in [-0.25, -0.2) is 28.7 Å². The standard InChI is InChI=1S/C35H38Cl2N8O4.C12H16N2S2/c1-3-25(2)45-34(46)44(24-40-45)29-7-5-27(6-8-29)41-14-16-42(17-15-41)28-9-11-30(12-10-28)47-19-31-20-48-35(49-31,21-43-23-38-22-39-43)32-13-4-26(36)18-33(32)37;1-2-3-4-7-15-12-14-10-6-5-9(13)8-11(10)16-12/h4-13,18,22-25,31H,3,14-17,19-21H2,1-2H3;5-6,8H,2-4,7,13H2,1H3/t25?,31-,35-;/m0./s1. The Balaban J connectivity index is 0.000000303. The van der Waals surface area contributed by atoms with Crippen LogP contribution in [0.25, 0.3) is 15.9 Å². The number of piperazine rings is 1. The molecule has 2 N–H and O–H groups in total. The number of unbranched alkanes of at least 4 members (excludes halogenated alkanes) is 2. The SMILES string of the molecule is CCC(C)n1ncn(-c2ccc(N3CCN(c4ccc(OC[C@H]5CO[C@](Cn6cncn6)(c6ccc(Cl)cc6Cl)O5)cc4)CC3)cc2)c1=O.CCCCCSc1nc2ccc(N)cc2s1. The number of nitrogen functional groups attached to an aromatic ring is 1. The number of anilines is 3. The van der Waals surface area contributed by atoms with Crippen LogP contribution in [0.2, 0.25) is 10.0 Å². The Hall–Kier alpha value is -5.10. The van der Waals surface area contributed by atoms with E-state index in [0.29, 0.717) is 28.8 Å². The molecule has 2 fully saturated rings. The van der Waals surface area contributed by atoms with Crippen LogP contribution in [-0.2, 0) is 21.8 Å². The number of hydrogen-bond acceptors (Lipinski definition) is 13. The molecule has 5 heterocycles. The largest absolute Gasteiger partial charge is 0.491 e. The highest BCUT2D eigenvalue weighted by atomic mass is 35.5. The number of nitrogens with zero attached hydrogens (tertiary/aromatic N) is 9. The zero-order valence-electron chi connectivity index (χ0n) is 36.8. The minimum absolute atomic E-state index is 0.0645. The average Bonchev–Trinajstić information content (AvgIpc) is 4.15. The summed E-state index contributed by atoms with van der Waals surface area (Å²) in [5.41, 5.74) is 11.3. The van der Waals surface area contributed by atoms with Gasteiger partial charge in [-0.15, -0.1) is 11.3 Å². The van der Waals surface area contributed by atoms with E-state index in [0.717, 1.165) is 71.0 Å². The lowest BCUT2D eigenvalue weighted by atomic mass is 10.1. The summed E-state index contributed by atoms with van der Waals surface area (Å²) in [5.74, 6) is 0.760. The number of halogens is 2. The van der Waals surface area contributed by atoms with Gasteiger partial charge in [0.25, 0.3) is 0 Å². The molecule has 4 aromatic carbocycles. The molecule has 0 aliphatic carbocycles. The molecule has 0 spiro atoms. The lowest BCUT2D eigenvalue weighted by Gasteiger charge is -2.37. The summed E-state index contributed by atoms with van der Waals surface area (Å²) in [6, 6.07) is 27.5. The van der Waals surface area contributed by atoms with E-state index in [9.17, 15) is 4.79 Å². The molecule has 2 aliphatic heterocycles. The summed E-state index contributed by atoms with van der Waals surface area (Å²) in [7, 11) is 0. The van der Waals surface area contributed by atoms with Crippen LogP contribution in [0.15, 0.2) is 113 Å². The first kappa shape index (κ1) is 46.4. The summed E-state index contributed by atoms with van der Waals surface area (Å²) in [6.07, 6.45) is 9.05. The van der Waals surface area contributed by atoms with Crippen molar-refractivity contribution in [2.24, 2.45) is 0 Å². The van der Waals surface area contributed by atoms with Crippen molar-refractivity contribution in [3.05, 3.63) is 130 Å². The molecule has 3 atom stereocenters. The van der Waals surface area contributed by atoms with Crippen molar-refractivity contribution in [2.45, 2.75) is 75.3 Å². The second-order valence-corrected chi connectivity index (χ2v) is 19.3. The first-order valence-electron chi connectivity index (χ1n) is 22.0. The van der Waals surface area contributed by atoms with E-state index in [2.05, 4.69) is 61.2 Å². The number of benzene rings is 4. The first-order valence-corrected chi connectivity index (χ1v) is 24.5. The minimum atomic E-state index is -1.16. The van der Waals surface area contributed by atoms with Gasteiger partial charge in [0.2, 0.25) is 5.79 Å². The topological polar surface area (TPSA) is 144 Å². The fourth-order valence-corrected chi connectivity index (χ4v) is 10.5. The maximum absolute atomic E-state index is 12.8. The number of thiazole rings is 1. The highest BCUT2D eigenvalue weighted by molar-refractivity contribution is 8.01. The van der Waals surface area contributed by atoms with E-state index in [1.807, 2.05) is 74.1 Å². The fraction of sp³-hybridized carbons (Fsp3) is 0.383. The average molecular weight is 958 g/mol. The lowest BCUT2D eigenvalue weighted by Crippen LogP contribution is -2.46. The van der Waals surface area contributed by atoms with Crippen LogP contribution in [-0.4, -0.2) is 85.3 Å². The van der Waals surface area contributed by atoms with E-state index in [1.165, 1.54) is 40.7 Å². The zero-order valence-corrected chi connectivity index (χ0v) is 39.9. The Morgan fingerprint density at radius 1 is 0.908 bits per heavy atom. The number of thioether (sulfide) groups is 1. The highest BCUT2D eigenvalue weighted by Gasteiger charge is 2.45. The number of aromatic nitrogens is 7. The van der Waals surface area contributed by atoms with E-state index < -0.39 is 5.79 Å². The lowest BCUT2D eigenvalue weighted by molar-refractivity contribution is -0.190. The van der Waals surface area contributed by atoms with E-state index in [4.69, 9.17) is 43.1 Å². The molecule has 9 rings (SSSR count). The van der Waals surface area contributed by atoms with Crippen molar-refractivity contribution in [2.75, 3.05) is 60.7 Å². The summed E-state index contributed by atoms with van der Waals surface area (Å²) in [6.45, 7) is 10.7. The molecule has 0 radical (unpaired) electrons. The minimum Gasteiger partial charge on any atom is -0.491 e. The second-order valence-electron chi connectivity index (χ2n) is 16.1. The zero-order chi connectivity index (χ0) is 45.3. The Morgan fingerprint density at radius 2 is 1.63 bits per heavy atom. The second kappa shape index (κ2) is 21.5. The molecule has 0 amide bonds. The van der Waals surface area contributed by atoms with Gasteiger partial charge in [0, 0.05) is 59.6 Å².